The number of benzene rings is 1. The molecule has 3 heteroatoms. The first-order valence-corrected chi connectivity index (χ1v) is 7.30. The number of hydrogen-bond acceptors (Lipinski definition) is 1. The molecule has 0 amide bonds. The zero-order valence-corrected chi connectivity index (χ0v) is 12.4. The topological polar surface area (TPSA) is 20.2 Å². The molecule has 1 nitrogen and oxygen atoms in total. The van der Waals surface area contributed by atoms with Crippen molar-refractivity contribution in [1.82, 2.24) is 0 Å². The van der Waals surface area contributed by atoms with Crippen LogP contribution in [-0.4, -0.2) is 5.11 Å². The molecule has 0 aromatic heterocycles. The van der Waals surface area contributed by atoms with Crippen molar-refractivity contribution >= 4 is 23.2 Å². The standard InChI is InChI=1S/C15H20Cl2O/c1-15(2)8-4-3-5-12(15)14(18)11-7-6-10(16)9-13(11)17/h6-7,9,12,14,18H,3-5,8H2,1-2H3. The third-order valence-corrected chi connectivity index (χ3v) is 4.81. The van der Waals surface area contributed by atoms with Crippen LogP contribution < -0.4 is 0 Å². The summed E-state index contributed by atoms with van der Waals surface area (Å²) in [6.07, 6.45) is 4.18. The monoisotopic (exact) mass is 286 g/mol. The predicted octanol–water partition coefficient (Wildman–Crippen LogP) is 5.24. The molecule has 1 aromatic rings. The summed E-state index contributed by atoms with van der Waals surface area (Å²) in [5.41, 5.74) is 0.974. The number of hydrogen-bond donors (Lipinski definition) is 1. The highest BCUT2D eigenvalue weighted by Gasteiger charge is 2.37. The number of rotatable bonds is 2. The largest absolute Gasteiger partial charge is 0.388 e. The van der Waals surface area contributed by atoms with Crippen LogP contribution in [0.5, 0.6) is 0 Å². The Morgan fingerprint density at radius 2 is 2.00 bits per heavy atom. The normalized spacial score (nSPS) is 24.8. The maximum atomic E-state index is 10.6. The van der Waals surface area contributed by atoms with Gasteiger partial charge in [-0.1, -0.05) is 56.0 Å². The third-order valence-electron chi connectivity index (χ3n) is 4.25. The number of aliphatic hydroxyl groups is 1. The van der Waals surface area contributed by atoms with E-state index >= 15 is 0 Å². The fourth-order valence-electron chi connectivity index (χ4n) is 3.06. The maximum absolute atomic E-state index is 10.6. The van der Waals surface area contributed by atoms with E-state index in [-0.39, 0.29) is 11.3 Å². The first-order chi connectivity index (χ1) is 8.42. The highest BCUT2D eigenvalue weighted by atomic mass is 35.5. The van der Waals surface area contributed by atoms with Crippen LogP contribution in [0.4, 0.5) is 0 Å². The van der Waals surface area contributed by atoms with Crippen LogP contribution >= 0.6 is 23.2 Å². The minimum absolute atomic E-state index is 0.167. The van der Waals surface area contributed by atoms with E-state index in [1.165, 1.54) is 19.3 Å². The molecular formula is C15H20Cl2O. The van der Waals surface area contributed by atoms with Gasteiger partial charge in [0.1, 0.15) is 0 Å². The molecule has 1 aliphatic carbocycles. The van der Waals surface area contributed by atoms with Gasteiger partial charge in [0.15, 0.2) is 0 Å². The van der Waals surface area contributed by atoms with Gasteiger partial charge in [0, 0.05) is 10.0 Å². The summed E-state index contributed by atoms with van der Waals surface area (Å²) < 4.78 is 0. The molecule has 18 heavy (non-hydrogen) atoms. The van der Waals surface area contributed by atoms with Gasteiger partial charge in [-0.05, 0) is 41.9 Å². The van der Waals surface area contributed by atoms with Gasteiger partial charge in [-0.3, -0.25) is 0 Å². The Morgan fingerprint density at radius 1 is 1.28 bits per heavy atom. The fourth-order valence-corrected chi connectivity index (χ4v) is 3.58. The molecule has 0 bridgehead atoms. The molecule has 1 fully saturated rings. The summed E-state index contributed by atoms with van der Waals surface area (Å²) in [7, 11) is 0. The van der Waals surface area contributed by atoms with Crippen molar-refractivity contribution in [2.75, 3.05) is 0 Å². The Morgan fingerprint density at radius 3 is 2.61 bits per heavy atom. The number of halogens is 2. The van der Waals surface area contributed by atoms with Crippen LogP contribution in [0.25, 0.3) is 0 Å². The summed E-state index contributed by atoms with van der Waals surface area (Å²) in [4.78, 5) is 0. The third kappa shape index (κ3) is 2.84. The molecule has 2 unspecified atom stereocenters. The molecule has 100 valence electrons. The Balaban J connectivity index is 2.27. The second-order valence-corrected chi connectivity index (χ2v) is 6.80. The average Bonchev–Trinajstić information content (AvgIpc) is 2.27. The predicted molar refractivity (Wildman–Crippen MR) is 77.2 cm³/mol. The summed E-state index contributed by atoms with van der Waals surface area (Å²) in [6, 6.07) is 5.35. The molecule has 2 atom stereocenters. The van der Waals surface area contributed by atoms with E-state index in [1.54, 1.807) is 12.1 Å². The maximum Gasteiger partial charge on any atom is 0.0837 e. The SMILES string of the molecule is CC1(C)CCCCC1C(O)c1ccc(Cl)cc1Cl. The van der Waals surface area contributed by atoms with E-state index < -0.39 is 6.10 Å². The van der Waals surface area contributed by atoms with Crippen LogP contribution in [0.3, 0.4) is 0 Å². The molecule has 0 spiro atoms. The molecule has 0 aliphatic heterocycles. The molecule has 1 aliphatic rings. The lowest BCUT2D eigenvalue weighted by Crippen LogP contribution is -2.32. The van der Waals surface area contributed by atoms with E-state index in [1.807, 2.05) is 6.07 Å². The lowest BCUT2D eigenvalue weighted by atomic mass is 9.65. The molecule has 1 aromatic carbocycles. The van der Waals surface area contributed by atoms with Crippen molar-refractivity contribution in [3.8, 4) is 0 Å². The van der Waals surface area contributed by atoms with Gasteiger partial charge in [0.05, 0.1) is 6.10 Å². The minimum atomic E-state index is -0.495. The van der Waals surface area contributed by atoms with Gasteiger partial charge in [0.2, 0.25) is 0 Å². The van der Waals surface area contributed by atoms with Crippen molar-refractivity contribution in [2.45, 2.75) is 45.6 Å². The minimum Gasteiger partial charge on any atom is -0.388 e. The lowest BCUT2D eigenvalue weighted by molar-refractivity contribution is 0.00392. The van der Waals surface area contributed by atoms with Gasteiger partial charge in [-0.15, -0.1) is 0 Å². The Labute approximate surface area is 119 Å². The molecule has 1 saturated carbocycles. The molecule has 0 heterocycles. The van der Waals surface area contributed by atoms with E-state index in [9.17, 15) is 5.11 Å². The van der Waals surface area contributed by atoms with Crippen LogP contribution in [0.1, 0.15) is 51.2 Å². The van der Waals surface area contributed by atoms with Crippen molar-refractivity contribution in [3.05, 3.63) is 33.8 Å². The van der Waals surface area contributed by atoms with E-state index in [2.05, 4.69) is 13.8 Å². The second-order valence-electron chi connectivity index (χ2n) is 5.95. The summed E-state index contributed by atoms with van der Waals surface area (Å²) >= 11 is 12.1. The van der Waals surface area contributed by atoms with E-state index in [0.29, 0.717) is 10.0 Å². The Kier molecular flexibility index (Phi) is 4.25. The first-order valence-electron chi connectivity index (χ1n) is 6.55. The lowest BCUT2D eigenvalue weighted by Gasteiger charge is -2.41. The number of aliphatic hydroxyl groups excluding tert-OH is 1. The van der Waals surface area contributed by atoms with Gasteiger partial charge in [0.25, 0.3) is 0 Å². The summed E-state index contributed by atoms with van der Waals surface area (Å²) in [5.74, 6) is 0.268. The van der Waals surface area contributed by atoms with E-state index in [4.69, 9.17) is 23.2 Å². The summed E-state index contributed by atoms with van der Waals surface area (Å²) in [5, 5.41) is 11.8. The van der Waals surface area contributed by atoms with Crippen LogP contribution in [0.15, 0.2) is 18.2 Å². The molecular weight excluding hydrogens is 267 g/mol. The summed E-state index contributed by atoms with van der Waals surface area (Å²) in [6.45, 7) is 4.48. The van der Waals surface area contributed by atoms with Crippen molar-refractivity contribution in [2.24, 2.45) is 11.3 Å². The fraction of sp³-hybridized carbons (Fsp3) is 0.600. The molecule has 1 N–H and O–H groups in total. The van der Waals surface area contributed by atoms with Gasteiger partial charge < -0.3 is 5.11 Å². The van der Waals surface area contributed by atoms with Crippen LogP contribution in [0.2, 0.25) is 10.0 Å². The first kappa shape index (κ1) is 14.2. The molecule has 2 rings (SSSR count). The van der Waals surface area contributed by atoms with Crippen LogP contribution in [-0.2, 0) is 0 Å². The zero-order chi connectivity index (χ0) is 13.3. The van der Waals surface area contributed by atoms with Gasteiger partial charge in [-0.2, -0.15) is 0 Å². The van der Waals surface area contributed by atoms with Crippen LogP contribution in [0, 0.1) is 11.3 Å². The Bertz CT molecular complexity index is 429. The smallest absolute Gasteiger partial charge is 0.0837 e. The molecule has 0 saturated heterocycles. The van der Waals surface area contributed by atoms with Crippen molar-refractivity contribution < 1.29 is 5.11 Å². The van der Waals surface area contributed by atoms with Crippen molar-refractivity contribution in [3.63, 3.8) is 0 Å². The molecule has 0 radical (unpaired) electrons. The highest BCUT2D eigenvalue weighted by molar-refractivity contribution is 6.35. The van der Waals surface area contributed by atoms with Gasteiger partial charge >= 0.3 is 0 Å². The quantitative estimate of drug-likeness (QED) is 0.788. The van der Waals surface area contributed by atoms with Gasteiger partial charge in [-0.25, -0.2) is 0 Å². The zero-order valence-electron chi connectivity index (χ0n) is 10.9. The van der Waals surface area contributed by atoms with E-state index in [0.717, 1.165) is 12.0 Å². The average molecular weight is 287 g/mol. The van der Waals surface area contributed by atoms with Crippen molar-refractivity contribution in [1.29, 1.82) is 0 Å². The highest BCUT2D eigenvalue weighted by Crippen LogP contribution is 2.47. The Hall–Kier alpha value is -0.240. The second kappa shape index (κ2) is 5.40.